The predicted molar refractivity (Wildman–Crippen MR) is 102 cm³/mol. The van der Waals surface area contributed by atoms with E-state index in [1.165, 1.54) is 12.1 Å². The average Bonchev–Trinajstić information content (AvgIpc) is 3.25. The Morgan fingerprint density at radius 1 is 1.15 bits per heavy atom. The average molecular weight is 368 g/mol. The van der Waals surface area contributed by atoms with Crippen LogP contribution in [-0.2, 0) is 10.2 Å². The van der Waals surface area contributed by atoms with Crippen LogP contribution in [0.2, 0.25) is 0 Å². The molecule has 4 nitrogen and oxygen atoms in total. The van der Waals surface area contributed by atoms with Crippen LogP contribution in [0.5, 0.6) is 0 Å². The number of benzene rings is 1. The van der Waals surface area contributed by atoms with Gasteiger partial charge in [0.05, 0.1) is 5.41 Å². The highest BCUT2D eigenvalue weighted by Gasteiger charge is 2.68. The van der Waals surface area contributed by atoms with Crippen LogP contribution in [-0.4, -0.2) is 28.9 Å². The molecule has 1 aliphatic carbocycles. The van der Waals surface area contributed by atoms with Gasteiger partial charge in [0.2, 0.25) is 11.5 Å². The van der Waals surface area contributed by atoms with Gasteiger partial charge in [0.1, 0.15) is 5.82 Å². The fraction of sp³-hybridized carbons (Fsp3) is 0.455. The van der Waals surface area contributed by atoms with E-state index in [0.717, 1.165) is 30.4 Å². The molecule has 1 atom stereocenters. The molecule has 2 fully saturated rings. The number of hydrogen-bond donors (Lipinski definition) is 1. The van der Waals surface area contributed by atoms with E-state index in [-0.39, 0.29) is 22.7 Å². The number of nitrogens with one attached hydrogen (secondary N) is 1. The Morgan fingerprint density at radius 2 is 1.78 bits per heavy atom. The molecule has 1 saturated carbocycles. The number of aromatic amines is 1. The van der Waals surface area contributed by atoms with Gasteiger partial charge in [0.25, 0.3) is 0 Å². The molecule has 1 aromatic carbocycles. The monoisotopic (exact) mass is 368 g/mol. The zero-order chi connectivity index (χ0) is 19.2. The first-order valence-corrected chi connectivity index (χ1v) is 9.57. The lowest BCUT2D eigenvalue weighted by atomic mass is 9.84. The fourth-order valence-electron chi connectivity index (χ4n) is 4.74. The van der Waals surface area contributed by atoms with Gasteiger partial charge in [0.15, 0.2) is 0 Å². The van der Waals surface area contributed by atoms with Crippen LogP contribution < -0.4 is 5.56 Å². The van der Waals surface area contributed by atoms with Gasteiger partial charge in [-0.25, -0.2) is 4.39 Å². The zero-order valence-electron chi connectivity index (χ0n) is 15.8. The summed E-state index contributed by atoms with van der Waals surface area (Å²) in [6, 6.07) is 10.0. The summed E-state index contributed by atoms with van der Waals surface area (Å²) in [6.45, 7) is 5.60. The van der Waals surface area contributed by atoms with Crippen molar-refractivity contribution in [1.29, 1.82) is 0 Å². The van der Waals surface area contributed by atoms with Gasteiger partial charge < -0.3 is 9.88 Å². The minimum atomic E-state index is -0.544. The maximum atomic E-state index is 13.5. The molecule has 0 radical (unpaired) electrons. The molecular formula is C22H25FN2O2. The Kier molecular flexibility index (Phi) is 4.21. The van der Waals surface area contributed by atoms with Gasteiger partial charge >= 0.3 is 0 Å². The fourth-order valence-corrected chi connectivity index (χ4v) is 4.74. The molecule has 0 bridgehead atoms. The van der Waals surface area contributed by atoms with E-state index in [1.807, 2.05) is 11.0 Å². The molecule has 2 heterocycles. The number of piperidine rings is 1. The quantitative estimate of drug-likeness (QED) is 0.900. The van der Waals surface area contributed by atoms with Crippen LogP contribution in [0.4, 0.5) is 4.39 Å². The summed E-state index contributed by atoms with van der Waals surface area (Å²) < 4.78 is 13.4. The van der Waals surface area contributed by atoms with E-state index in [9.17, 15) is 14.0 Å². The Bertz CT molecular complexity index is 910. The van der Waals surface area contributed by atoms with Crippen molar-refractivity contribution in [3.63, 3.8) is 0 Å². The maximum Gasteiger partial charge on any atom is 0.248 e. The molecule has 0 spiro atoms. The Balaban J connectivity index is 1.51. The topological polar surface area (TPSA) is 53.2 Å². The Morgan fingerprint density at radius 3 is 2.33 bits per heavy atom. The van der Waals surface area contributed by atoms with E-state index < -0.39 is 5.41 Å². The number of amides is 1. The summed E-state index contributed by atoms with van der Waals surface area (Å²) in [5, 5.41) is 0. The Labute approximate surface area is 158 Å². The van der Waals surface area contributed by atoms with Crippen molar-refractivity contribution in [2.24, 2.45) is 5.41 Å². The zero-order valence-corrected chi connectivity index (χ0v) is 15.8. The van der Waals surface area contributed by atoms with Crippen LogP contribution in [0.1, 0.15) is 50.2 Å². The van der Waals surface area contributed by atoms with Crippen LogP contribution in [0.25, 0.3) is 0 Å². The first-order chi connectivity index (χ1) is 12.8. The van der Waals surface area contributed by atoms with Gasteiger partial charge in [-0.1, -0.05) is 26.0 Å². The number of likely N-dealkylation sites (tertiary alicyclic amines) is 1. The summed E-state index contributed by atoms with van der Waals surface area (Å²) in [4.78, 5) is 29.6. The number of carbonyl (C=O) groups excluding carboxylic acids is 1. The highest BCUT2D eigenvalue weighted by Crippen LogP contribution is 2.65. The smallest absolute Gasteiger partial charge is 0.248 e. The van der Waals surface area contributed by atoms with Crippen molar-refractivity contribution in [3.05, 3.63) is 69.9 Å². The van der Waals surface area contributed by atoms with Crippen molar-refractivity contribution < 1.29 is 9.18 Å². The summed E-state index contributed by atoms with van der Waals surface area (Å²) in [6.07, 6.45) is 4.19. The lowest BCUT2D eigenvalue weighted by Crippen LogP contribution is -2.45. The summed E-state index contributed by atoms with van der Waals surface area (Å²) in [5.74, 6) is 0.187. The van der Waals surface area contributed by atoms with Crippen molar-refractivity contribution in [3.8, 4) is 0 Å². The Hall–Kier alpha value is -2.43. The molecule has 1 saturated heterocycles. The molecule has 2 aliphatic rings. The van der Waals surface area contributed by atoms with Crippen molar-refractivity contribution in [2.75, 3.05) is 13.1 Å². The van der Waals surface area contributed by atoms with E-state index in [2.05, 4.69) is 18.8 Å². The molecule has 27 heavy (non-hydrogen) atoms. The highest BCUT2D eigenvalue weighted by atomic mass is 19.1. The lowest BCUT2D eigenvalue weighted by molar-refractivity contribution is -0.136. The molecule has 1 unspecified atom stereocenters. The van der Waals surface area contributed by atoms with Gasteiger partial charge in [-0.15, -0.1) is 0 Å². The second kappa shape index (κ2) is 6.32. The predicted octanol–water partition coefficient (Wildman–Crippen LogP) is 3.59. The van der Waals surface area contributed by atoms with Gasteiger partial charge in [-0.05, 0) is 59.9 Å². The van der Waals surface area contributed by atoms with E-state index in [1.54, 1.807) is 24.4 Å². The summed E-state index contributed by atoms with van der Waals surface area (Å²) in [5.41, 5.74) is 1.21. The molecule has 142 valence electrons. The second-order valence-corrected chi connectivity index (χ2v) is 8.53. The minimum absolute atomic E-state index is 0.0824. The number of halogens is 1. The summed E-state index contributed by atoms with van der Waals surface area (Å²) in [7, 11) is 0. The van der Waals surface area contributed by atoms with Crippen molar-refractivity contribution in [2.45, 2.75) is 44.4 Å². The molecule has 1 aliphatic heterocycles. The molecule has 5 heteroatoms. The second-order valence-electron chi connectivity index (χ2n) is 8.53. The number of carbonyl (C=O) groups is 1. The normalized spacial score (nSPS) is 24.6. The first kappa shape index (κ1) is 18.0. The molecule has 1 N–H and O–H groups in total. The van der Waals surface area contributed by atoms with Gasteiger partial charge in [-0.3, -0.25) is 9.59 Å². The summed E-state index contributed by atoms with van der Waals surface area (Å²) >= 11 is 0. The molecule has 2 aromatic rings. The standard InChI is InChI=1S/C22H25FN2O2/c1-21(2)14-22(21,17-3-5-18(23)6-4-17)20(27)25-11-8-15(9-12-25)16-7-10-24-19(26)13-16/h3-7,10,13,15H,8-9,11-12,14H2,1-2H3,(H,24,26). The van der Waals surface area contributed by atoms with Crippen LogP contribution in [0.15, 0.2) is 47.4 Å². The maximum absolute atomic E-state index is 13.5. The molecule has 4 rings (SSSR count). The third-order valence-electron chi connectivity index (χ3n) is 6.49. The number of hydrogen-bond acceptors (Lipinski definition) is 2. The number of pyridine rings is 1. The third-order valence-corrected chi connectivity index (χ3v) is 6.49. The number of rotatable bonds is 3. The molecular weight excluding hydrogens is 343 g/mol. The SMILES string of the molecule is CC1(C)CC1(C(=O)N1CCC(c2cc[nH]c(=O)c2)CC1)c1ccc(F)cc1. The van der Waals surface area contributed by atoms with Gasteiger partial charge in [0, 0.05) is 25.4 Å². The van der Waals surface area contributed by atoms with Crippen LogP contribution in [0, 0.1) is 11.2 Å². The number of H-pyrrole nitrogens is 1. The highest BCUT2D eigenvalue weighted by molar-refractivity contribution is 5.93. The number of aromatic nitrogens is 1. The first-order valence-electron chi connectivity index (χ1n) is 9.57. The van der Waals surface area contributed by atoms with Crippen molar-refractivity contribution >= 4 is 5.91 Å². The molecule has 1 aromatic heterocycles. The largest absolute Gasteiger partial charge is 0.342 e. The molecule has 1 amide bonds. The van der Waals surface area contributed by atoms with E-state index in [4.69, 9.17) is 0 Å². The van der Waals surface area contributed by atoms with Crippen molar-refractivity contribution in [1.82, 2.24) is 9.88 Å². The van der Waals surface area contributed by atoms with Crippen LogP contribution >= 0.6 is 0 Å². The minimum Gasteiger partial charge on any atom is -0.342 e. The lowest BCUT2D eigenvalue weighted by Gasteiger charge is -2.36. The third kappa shape index (κ3) is 2.99. The number of nitrogens with zero attached hydrogens (tertiary/aromatic N) is 1. The van der Waals surface area contributed by atoms with E-state index in [0.29, 0.717) is 19.0 Å². The van der Waals surface area contributed by atoms with Gasteiger partial charge in [-0.2, -0.15) is 0 Å². The van der Waals surface area contributed by atoms with Crippen LogP contribution in [0.3, 0.4) is 0 Å². The van der Waals surface area contributed by atoms with E-state index >= 15 is 0 Å².